The Hall–Kier alpha value is -1.59. The molecule has 0 aromatic rings. The van der Waals surface area contributed by atoms with Crippen molar-refractivity contribution in [1.82, 2.24) is 0 Å². The summed E-state index contributed by atoms with van der Waals surface area (Å²) in [5, 5.41) is 0. The first kappa shape index (κ1) is 60.4. The van der Waals surface area contributed by atoms with Crippen LogP contribution in [0, 0.1) is 0 Å². The van der Waals surface area contributed by atoms with Crippen molar-refractivity contribution in [2.24, 2.45) is 0 Å². The maximum atomic E-state index is 12.7. The maximum absolute atomic E-state index is 12.7. The summed E-state index contributed by atoms with van der Waals surface area (Å²) in [5.74, 6) is -0.848. The van der Waals surface area contributed by atoms with Crippen molar-refractivity contribution >= 4 is 17.9 Å². The van der Waals surface area contributed by atoms with E-state index in [0.29, 0.717) is 19.3 Å². The predicted octanol–water partition coefficient (Wildman–Crippen LogP) is 18.4. The second-order valence-corrected chi connectivity index (χ2v) is 19.2. The Morgan fingerprint density at radius 3 is 0.645 bits per heavy atom. The van der Waals surface area contributed by atoms with Crippen molar-refractivity contribution in [3.8, 4) is 0 Å². The number of unbranched alkanes of at least 4 members (excludes halogenated alkanes) is 41. The molecule has 0 heterocycles. The van der Waals surface area contributed by atoms with Gasteiger partial charge in [0.2, 0.25) is 0 Å². The number of ether oxygens (including phenoxy) is 3. The average molecular weight is 877 g/mol. The standard InChI is InChI=1S/C56H108O6/c1-4-7-10-13-16-18-20-22-23-24-25-26-27-28-29-30-31-32-33-34-36-37-40-43-46-49-55(58)61-52-53(51-60-54(57)48-45-42-39-15-12-9-6-3)62-56(59)50-47-44-41-38-35-21-19-17-14-11-8-5-2/h53H,4-52H2,1-3H3. The molecule has 0 saturated heterocycles. The minimum Gasteiger partial charge on any atom is -0.462 e. The lowest BCUT2D eigenvalue weighted by Crippen LogP contribution is -2.30. The van der Waals surface area contributed by atoms with Gasteiger partial charge in [0.05, 0.1) is 0 Å². The van der Waals surface area contributed by atoms with Crippen molar-refractivity contribution in [3.05, 3.63) is 0 Å². The summed E-state index contributed by atoms with van der Waals surface area (Å²) in [7, 11) is 0. The van der Waals surface area contributed by atoms with E-state index in [9.17, 15) is 14.4 Å². The first-order valence-corrected chi connectivity index (χ1v) is 28.0. The van der Waals surface area contributed by atoms with E-state index in [0.717, 1.165) is 57.8 Å². The summed E-state index contributed by atoms with van der Waals surface area (Å²) < 4.78 is 16.8. The molecular formula is C56H108O6. The predicted molar refractivity (Wildman–Crippen MR) is 266 cm³/mol. The molecule has 1 atom stereocenters. The third-order valence-corrected chi connectivity index (χ3v) is 12.9. The minimum atomic E-state index is -0.758. The minimum absolute atomic E-state index is 0.0623. The second kappa shape index (κ2) is 52.0. The lowest BCUT2D eigenvalue weighted by molar-refractivity contribution is -0.167. The summed E-state index contributed by atoms with van der Waals surface area (Å²) in [6.45, 7) is 6.64. The van der Waals surface area contributed by atoms with E-state index >= 15 is 0 Å². The van der Waals surface area contributed by atoms with Gasteiger partial charge in [-0.1, -0.05) is 284 Å². The van der Waals surface area contributed by atoms with Gasteiger partial charge in [0, 0.05) is 19.3 Å². The van der Waals surface area contributed by atoms with Crippen LogP contribution >= 0.6 is 0 Å². The smallest absolute Gasteiger partial charge is 0.306 e. The summed E-state index contributed by atoms with van der Waals surface area (Å²) in [5.41, 5.74) is 0. The second-order valence-electron chi connectivity index (χ2n) is 19.2. The van der Waals surface area contributed by atoms with Gasteiger partial charge in [-0.15, -0.1) is 0 Å². The Balaban J connectivity index is 4.02. The molecular weight excluding hydrogens is 769 g/mol. The molecule has 0 aromatic heterocycles. The molecule has 0 aliphatic rings. The molecule has 0 N–H and O–H groups in total. The number of esters is 3. The molecule has 0 aliphatic heterocycles. The summed E-state index contributed by atoms with van der Waals surface area (Å²) in [4.78, 5) is 37.8. The van der Waals surface area contributed by atoms with Crippen LogP contribution in [0.3, 0.4) is 0 Å². The van der Waals surface area contributed by atoms with Gasteiger partial charge in [-0.3, -0.25) is 14.4 Å². The van der Waals surface area contributed by atoms with E-state index < -0.39 is 6.10 Å². The van der Waals surface area contributed by atoms with Gasteiger partial charge in [-0.05, 0) is 19.3 Å². The Kier molecular flexibility index (Phi) is 50.7. The normalized spacial score (nSPS) is 11.9. The molecule has 62 heavy (non-hydrogen) atoms. The quantitative estimate of drug-likeness (QED) is 0.0344. The van der Waals surface area contributed by atoms with E-state index in [-0.39, 0.29) is 31.1 Å². The molecule has 0 spiro atoms. The van der Waals surface area contributed by atoms with Gasteiger partial charge in [0.1, 0.15) is 13.2 Å². The molecule has 6 heteroatoms. The highest BCUT2D eigenvalue weighted by Gasteiger charge is 2.19. The first-order chi connectivity index (χ1) is 30.5. The van der Waals surface area contributed by atoms with Gasteiger partial charge in [-0.2, -0.15) is 0 Å². The monoisotopic (exact) mass is 877 g/mol. The molecule has 0 bridgehead atoms. The zero-order valence-corrected chi connectivity index (χ0v) is 42.2. The highest BCUT2D eigenvalue weighted by Crippen LogP contribution is 2.18. The lowest BCUT2D eigenvalue weighted by Gasteiger charge is -2.18. The van der Waals surface area contributed by atoms with Crippen molar-refractivity contribution in [2.75, 3.05) is 13.2 Å². The van der Waals surface area contributed by atoms with Crippen LogP contribution in [0.15, 0.2) is 0 Å². The van der Waals surface area contributed by atoms with Crippen LogP contribution in [0.4, 0.5) is 0 Å². The van der Waals surface area contributed by atoms with E-state index in [1.165, 1.54) is 225 Å². The molecule has 0 amide bonds. The summed E-state index contributed by atoms with van der Waals surface area (Å²) >= 11 is 0. The van der Waals surface area contributed by atoms with Crippen molar-refractivity contribution in [2.45, 2.75) is 329 Å². The zero-order valence-electron chi connectivity index (χ0n) is 42.2. The third kappa shape index (κ3) is 49.4. The lowest BCUT2D eigenvalue weighted by atomic mass is 10.0. The molecule has 1 unspecified atom stereocenters. The van der Waals surface area contributed by atoms with Crippen LogP contribution in [-0.4, -0.2) is 37.2 Å². The van der Waals surface area contributed by atoms with Gasteiger partial charge in [0.25, 0.3) is 0 Å². The molecule has 0 radical (unpaired) electrons. The highest BCUT2D eigenvalue weighted by molar-refractivity contribution is 5.71. The molecule has 368 valence electrons. The van der Waals surface area contributed by atoms with Crippen molar-refractivity contribution in [1.29, 1.82) is 0 Å². The van der Waals surface area contributed by atoms with Crippen LogP contribution in [0.25, 0.3) is 0 Å². The van der Waals surface area contributed by atoms with Crippen LogP contribution in [-0.2, 0) is 28.6 Å². The Labute approximate surface area is 387 Å². The van der Waals surface area contributed by atoms with E-state index in [2.05, 4.69) is 20.8 Å². The fourth-order valence-corrected chi connectivity index (χ4v) is 8.62. The van der Waals surface area contributed by atoms with Crippen molar-refractivity contribution in [3.63, 3.8) is 0 Å². The number of carbonyl (C=O) groups excluding carboxylic acids is 3. The fourth-order valence-electron chi connectivity index (χ4n) is 8.62. The molecule has 0 fully saturated rings. The largest absolute Gasteiger partial charge is 0.462 e. The molecule has 0 aromatic carbocycles. The Morgan fingerprint density at radius 2 is 0.435 bits per heavy atom. The van der Waals surface area contributed by atoms with Crippen LogP contribution in [0.1, 0.15) is 323 Å². The van der Waals surface area contributed by atoms with Gasteiger partial charge in [0.15, 0.2) is 6.10 Å². The van der Waals surface area contributed by atoms with Crippen LogP contribution < -0.4 is 0 Å². The molecule has 6 nitrogen and oxygen atoms in total. The number of carbonyl (C=O) groups is 3. The fraction of sp³-hybridized carbons (Fsp3) is 0.946. The summed E-state index contributed by atoms with van der Waals surface area (Å²) in [6, 6.07) is 0. The third-order valence-electron chi connectivity index (χ3n) is 12.9. The van der Waals surface area contributed by atoms with Gasteiger partial charge < -0.3 is 14.2 Å². The van der Waals surface area contributed by atoms with Crippen LogP contribution in [0.5, 0.6) is 0 Å². The van der Waals surface area contributed by atoms with Gasteiger partial charge in [-0.25, -0.2) is 0 Å². The summed E-state index contributed by atoms with van der Waals surface area (Å²) in [6.07, 6.45) is 57.0. The first-order valence-electron chi connectivity index (χ1n) is 28.0. The maximum Gasteiger partial charge on any atom is 0.306 e. The molecule has 0 saturated carbocycles. The topological polar surface area (TPSA) is 78.9 Å². The van der Waals surface area contributed by atoms with Crippen LogP contribution in [0.2, 0.25) is 0 Å². The van der Waals surface area contributed by atoms with E-state index in [1.54, 1.807) is 0 Å². The highest BCUT2D eigenvalue weighted by atomic mass is 16.6. The Bertz CT molecular complexity index is 920. The Morgan fingerprint density at radius 1 is 0.258 bits per heavy atom. The SMILES string of the molecule is CCCCCCCCCCCCCCCCCCCCCCCCCCCC(=O)OCC(COC(=O)CCCCCCCCC)OC(=O)CCCCCCCCCCCCCC. The number of hydrogen-bond acceptors (Lipinski definition) is 6. The number of hydrogen-bond donors (Lipinski definition) is 0. The average Bonchev–Trinajstić information content (AvgIpc) is 3.27. The molecule has 0 aliphatic carbocycles. The molecule has 0 rings (SSSR count). The van der Waals surface area contributed by atoms with E-state index in [4.69, 9.17) is 14.2 Å². The van der Waals surface area contributed by atoms with Gasteiger partial charge >= 0.3 is 17.9 Å². The van der Waals surface area contributed by atoms with E-state index in [1.807, 2.05) is 0 Å². The zero-order chi connectivity index (χ0) is 45.1. The number of rotatable bonds is 52. The van der Waals surface area contributed by atoms with Crippen molar-refractivity contribution < 1.29 is 28.6 Å².